The quantitative estimate of drug-likeness (QED) is 0.287. The van der Waals surface area contributed by atoms with Crippen molar-refractivity contribution in [1.29, 1.82) is 0 Å². The summed E-state index contributed by atoms with van der Waals surface area (Å²) in [4.78, 5) is 23.9. The second-order valence-corrected chi connectivity index (χ2v) is 6.31. The number of benzene rings is 3. The molecule has 3 aromatic rings. The lowest BCUT2D eigenvalue weighted by Gasteiger charge is -2.01. The largest absolute Gasteiger partial charge is 0.399 e. The van der Waals surface area contributed by atoms with E-state index in [0.29, 0.717) is 22.5 Å². The SMILES string of the molecule is Nc1ccc(C(=O)NN=Cc2ccc(C=NNC(=O)c3ccc(N)cc3)cc2)cc1. The van der Waals surface area contributed by atoms with Gasteiger partial charge in [-0.25, -0.2) is 10.9 Å². The van der Waals surface area contributed by atoms with Crippen LogP contribution in [0.3, 0.4) is 0 Å². The number of hydrogen-bond donors (Lipinski definition) is 4. The van der Waals surface area contributed by atoms with E-state index in [2.05, 4.69) is 21.1 Å². The van der Waals surface area contributed by atoms with Gasteiger partial charge in [-0.05, 0) is 59.7 Å². The van der Waals surface area contributed by atoms with Gasteiger partial charge in [-0.1, -0.05) is 24.3 Å². The molecule has 0 aliphatic carbocycles. The number of nitrogen functional groups attached to an aromatic ring is 2. The monoisotopic (exact) mass is 400 g/mol. The van der Waals surface area contributed by atoms with Gasteiger partial charge in [0, 0.05) is 22.5 Å². The average molecular weight is 400 g/mol. The summed E-state index contributed by atoms with van der Waals surface area (Å²) in [6.45, 7) is 0. The fourth-order valence-corrected chi connectivity index (χ4v) is 2.40. The summed E-state index contributed by atoms with van der Waals surface area (Å²) in [6.07, 6.45) is 3.05. The summed E-state index contributed by atoms with van der Waals surface area (Å²) in [5, 5.41) is 7.88. The molecule has 0 aromatic heterocycles. The Morgan fingerprint density at radius 3 is 1.27 bits per heavy atom. The standard InChI is InChI=1S/C22H20N6O2/c23-19-9-5-17(6-10-19)21(29)27-25-13-15-1-2-16(4-3-15)14-26-28-22(30)18-7-11-20(24)12-8-18/h1-14H,23-24H2,(H,27,29)(H,28,30). The van der Waals surface area contributed by atoms with Crippen molar-refractivity contribution in [1.82, 2.24) is 10.9 Å². The molecule has 0 atom stereocenters. The van der Waals surface area contributed by atoms with E-state index in [0.717, 1.165) is 11.1 Å². The van der Waals surface area contributed by atoms with E-state index in [1.807, 2.05) is 24.3 Å². The Morgan fingerprint density at radius 2 is 0.933 bits per heavy atom. The number of hydrazone groups is 2. The number of anilines is 2. The van der Waals surface area contributed by atoms with Crippen LogP contribution in [0.5, 0.6) is 0 Å². The molecule has 0 saturated carbocycles. The third-order valence-electron chi connectivity index (χ3n) is 4.04. The van der Waals surface area contributed by atoms with Gasteiger partial charge >= 0.3 is 0 Å². The zero-order valence-corrected chi connectivity index (χ0v) is 15.9. The molecule has 150 valence electrons. The molecule has 0 heterocycles. The molecule has 0 bridgehead atoms. The highest BCUT2D eigenvalue weighted by Gasteiger charge is 2.03. The molecule has 0 fully saturated rings. The van der Waals surface area contributed by atoms with Crippen LogP contribution in [0.15, 0.2) is 83.0 Å². The third-order valence-corrected chi connectivity index (χ3v) is 4.04. The number of nitrogens with two attached hydrogens (primary N) is 2. The van der Waals surface area contributed by atoms with Crippen LogP contribution < -0.4 is 22.3 Å². The zero-order valence-electron chi connectivity index (χ0n) is 15.9. The van der Waals surface area contributed by atoms with Gasteiger partial charge in [-0.15, -0.1) is 0 Å². The molecular weight excluding hydrogens is 380 g/mol. The third kappa shape index (κ3) is 5.77. The molecule has 6 N–H and O–H groups in total. The summed E-state index contributed by atoms with van der Waals surface area (Å²) in [6, 6.07) is 20.3. The van der Waals surface area contributed by atoms with Crippen LogP contribution in [0.1, 0.15) is 31.8 Å². The number of nitrogens with zero attached hydrogens (tertiary/aromatic N) is 2. The predicted octanol–water partition coefficient (Wildman–Crippen LogP) is 2.38. The second-order valence-electron chi connectivity index (χ2n) is 6.31. The zero-order chi connectivity index (χ0) is 21.3. The van der Waals surface area contributed by atoms with Gasteiger partial charge < -0.3 is 11.5 Å². The molecule has 0 saturated heterocycles. The number of nitrogens with one attached hydrogen (secondary N) is 2. The fourth-order valence-electron chi connectivity index (χ4n) is 2.40. The molecule has 8 nitrogen and oxygen atoms in total. The van der Waals surface area contributed by atoms with Crippen LogP contribution in [0.2, 0.25) is 0 Å². The maximum absolute atomic E-state index is 12.0. The smallest absolute Gasteiger partial charge is 0.271 e. The van der Waals surface area contributed by atoms with E-state index in [-0.39, 0.29) is 11.8 Å². The van der Waals surface area contributed by atoms with Gasteiger partial charge in [0.05, 0.1) is 12.4 Å². The Hall–Kier alpha value is -4.46. The van der Waals surface area contributed by atoms with Gasteiger partial charge in [0.1, 0.15) is 0 Å². The van der Waals surface area contributed by atoms with Crippen LogP contribution >= 0.6 is 0 Å². The van der Waals surface area contributed by atoms with Crippen molar-refractivity contribution in [2.75, 3.05) is 11.5 Å². The Labute approximate surface area is 173 Å². The van der Waals surface area contributed by atoms with E-state index >= 15 is 0 Å². The molecule has 3 aromatic carbocycles. The number of carbonyl (C=O) groups excluding carboxylic acids is 2. The van der Waals surface area contributed by atoms with Crippen molar-refractivity contribution in [3.63, 3.8) is 0 Å². The molecule has 0 aliphatic heterocycles. The lowest BCUT2D eigenvalue weighted by molar-refractivity contribution is 0.0947. The molecule has 0 radical (unpaired) electrons. The number of rotatable bonds is 6. The van der Waals surface area contributed by atoms with Gasteiger partial charge in [0.2, 0.25) is 0 Å². The van der Waals surface area contributed by atoms with E-state index in [1.54, 1.807) is 48.5 Å². The van der Waals surface area contributed by atoms with Crippen LogP contribution in [0.25, 0.3) is 0 Å². The van der Waals surface area contributed by atoms with Crippen LogP contribution in [-0.2, 0) is 0 Å². The van der Waals surface area contributed by atoms with Crippen LogP contribution in [0.4, 0.5) is 11.4 Å². The van der Waals surface area contributed by atoms with E-state index in [9.17, 15) is 9.59 Å². The first-order valence-corrected chi connectivity index (χ1v) is 8.99. The van der Waals surface area contributed by atoms with E-state index < -0.39 is 0 Å². The Balaban J connectivity index is 1.50. The summed E-state index contributed by atoms with van der Waals surface area (Å²) < 4.78 is 0. The second kappa shape index (κ2) is 9.65. The predicted molar refractivity (Wildman–Crippen MR) is 118 cm³/mol. The topological polar surface area (TPSA) is 135 Å². The summed E-state index contributed by atoms with van der Waals surface area (Å²) in [5.41, 5.74) is 19.8. The van der Waals surface area contributed by atoms with Crippen molar-refractivity contribution < 1.29 is 9.59 Å². The van der Waals surface area contributed by atoms with Gasteiger partial charge in [0.25, 0.3) is 11.8 Å². The van der Waals surface area contributed by atoms with E-state index in [1.165, 1.54) is 12.4 Å². The molecule has 3 rings (SSSR count). The van der Waals surface area contributed by atoms with Crippen molar-refractivity contribution in [3.8, 4) is 0 Å². The minimum absolute atomic E-state index is 0.327. The average Bonchev–Trinajstić information content (AvgIpc) is 2.75. The van der Waals surface area contributed by atoms with E-state index in [4.69, 9.17) is 11.5 Å². The Kier molecular flexibility index (Phi) is 6.52. The fraction of sp³-hybridized carbons (Fsp3) is 0. The molecular formula is C22H20N6O2. The van der Waals surface area contributed by atoms with Crippen molar-refractivity contribution in [2.24, 2.45) is 10.2 Å². The number of carbonyl (C=O) groups is 2. The summed E-state index contributed by atoms with van der Waals surface area (Å²) in [5.74, 6) is -0.654. The highest BCUT2D eigenvalue weighted by molar-refractivity contribution is 5.96. The highest BCUT2D eigenvalue weighted by Crippen LogP contribution is 2.06. The Morgan fingerprint density at radius 1 is 0.600 bits per heavy atom. The number of amides is 2. The number of hydrogen-bond acceptors (Lipinski definition) is 6. The van der Waals surface area contributed by atoms with Gasteiger partial charge in [-0.2, -0.15) is 10.2 Å². The molecule has 0 aliphatic rings. The van der Waals surface area contributed by atoms with Gasteiger partial charge in [-0.3, -0.25) is 9.59 Å². The van der Waals surface area contributed by atoms with Crippen molar-refractivity contribution in [3.05, 3.63) is 95.1 Å². The highest BCUT2D eigenvalue weighted by atomic mass is 16.2. The molecule has 8 heteroatoms. The Bertz CT molecular complexity index is 984. The molecule has 30 heavy (non-hydrogen) atoms. The van der Waals surface area contributed by atoms with Crippen molar-refractivity contribution in [2.45, 2.75) is 0 Å². The van der Waals surface area contributed by atoms with Crippen LogP contribution in [0, 0.1) is 0 Å². The van der Waals surface area contributed by atoms with Gasteiger partial charge in [0.15, 0.2) is 0 Å². The first-order chi connectivity index (χ1) is 14.5. The minimum Gasteiger partial charge on any atom is -0.399 e. The normalized spacial score (nSPS) is 10.9. The summed E-state index contributed by atoms with van der Waals surface area (Å²) in [7, 11) is 0. The first kappa shape index (κ1) is 20.3. The lowest BCUT2D eigenvalue weighted by Crippen LogP contribution is -2.17. The maximum Gasteiger partial charge on any atom is 0.271 e. The minimum atomic E-state index is -0.327. The summed E-state index contributed by atoms with van der Waals surface area (Å²) >= 11 is 0. The first-order valence-electron chi connectivity index (χ1n) is 8.99. The molecule has 2 amide bonds. The molecule has 0 unspecified atom stereocenters. The lowest BCUT2D eigenvalue weighted by atomic mass is 10.2. The maximum atomic E-state index is 12.0. The molecule has 0 spiro atoms. The van der Waals surface area contributed by atoms with Crippen molar-refractivity contribution >= 4 is 35.6 Å². The van der Waals surface area contributed by atoms with Crippen LogP contribution in [-0.4, -0.2) is 24.2 Å².